The lowest BCUT2D eigenvalue weighted by atomic mass is 10.1. The topological polar surface area (TPSA) is 75.7 Å². The van der Waals surface area contributed by atoms with E-state index in [1.54, 1.807) is 6.07 Å². The number of benzene rings is 2. The molecular weight excluding hydrogens is 400 g/mol. The number of amides is 1. The van der Waals surface area contributed by atoms with Gasteiger partial charge in [0, 0.05) is 13.0 Å². The van der Waals surface area contributed by atoms with Gasteiger partial charge in [-0.1, -0.05) is 29.8 Å². The van der Waals surface area contributed by atoms with Crippen molar-refractivity contribution in [2.24, 2.45) is 0 Å². The summed E-state index contributed by atoms with van der Waals surface area (Å²) in [6.07, 6.45) is 1.88. The quantitative estimate of drug-likeness (QED) is 0.582. The van der Waals surface area contributed by atoms with Gasteiger partial charge in [0.2, 0.25) is 15.9 Å². The zero-order valence-corrected chi connectivity index (χ0v) is 19.3. The number of aryl methyl sites for hydroxylation is 3. The van der Waals surface area contributed by atoms with Crippen molar-refractivity contribution in [3.05, 3.63) is 58.7 Å². The molecule has 0 radical (unpaired) electrons. The van der Waals surface area contributed by atoms with E-state index in [4.69, 9.17) is 4.74 Å². The zero-order valence-electron chi connectivity index (χ0n) is 18.5. The van der Waals surface area contributed by atoms with Gasteiger partial charge in [0.15, 0.2) is 0 Å². The number of rotatable bonds is 10. The van der Waals surface area contributed by atoms with Crippen LogP contribution in [0.5, 0.6) is 5.75 Å². The van der Waals surface area contributed by atoms with Gasteiger partial charge in [-0.05, 0) is 62.9 Å². The second-order valence-electron chi connectivity index (χ2n) is 7.63. The van der Waals surface area contributed by atoms with Crippen molar-refractivity contribution in [1.29, 1.82) is 0 Å². The fraction of sp³-hybridized carbons (Fsp3) is 0.435. The lowest BCUT2D eigenvalue weighted by molar-refractivity contribution is -0.121. The van der Waals surface area contributed by atoms with Crippen LogP contribution in [0.4, 0.5) is 5.69 Å². The molecule has 0 saturated heterocycles. The van der Waals surface area contributed by atoms with Crippen LogP contribution in [0.15, 0.2) is 36.4 Å². The third-order valence-electron chi connectivity index (χ3n) is 5.02. The molecule has 6 nitrogen and oxygen atoms in total. The van der Waals surface area contributed by atoms with E-state index in [9.17, 15) is 13.2 Å². The van der Waals surface area contributed by atoms with Crippen molar-refractivity contribution in [3.63, 3.8) is 0 Å². The highest BCUT2D eigenvalue weighted by atomic mass is 32.2. The van der Waals surface area contributed by atoms with E-state index in [-0.39, 0.29) is 18.9 Å². The number of nitrogens with zero attached hydrogens (tertiary/aromatic N) is 1. The Hall–Kier alpha value is -2.54. The van der Waals surface area contributed by atoms with Gasteiger partial charge in [0.1, 0.15) is 12.4 Å². The highest BCUT2D eigenvalue weighted by Gasteiger charge is 2.19. The summed E-state index contributed by atoms with van der Waals surface area (Å²) in [5, 5.41) is 2.82. The fourth-order valence-corrected chi connectivity index (χ4v) is 4.27. The summed E-state index contributed by atoms with van der Waals surface area (Å²) in [7, 11) is -3.43. The summed E-state index contributed by atoms with van der Waals surface area (Å²) in [4.78, 5) is 12.1. The third kappa shape index (κ3) is 6.76. The molecule has 0 aliphatic carbocycles. The molecule has 2 aromatic carbocycles. The molecule has 2 aromatic rings. The largest absolute Gasteiger partial charge is 0.491 e. The Morgan fingerprint density at radius 3 is 2.47 bits per heavy atom. The van der Waals surface area contributed by atoms with E-state index in [1.807, 2.05) is 52.0 Å². The van der Waals surface area contributed by atoms with Gasteiger partial charge >= 0.3 is 0 Å². The molecule has 0 saturated carbocycles. The van der Waals surface area contributed by atoms with E-state index >= 15 is 0 Å². The van der Waals surface area contributed by atoms with Crippen LogP contribution in [0.2, 0.25) is 0 Å². The van der Waals surface area contributed by atoms with Crippen molar-refractivity contribution < 1.29 is 17.9 Å². The number of nitrogens with one attached hydrogen (secondary N) is 1. The maximum absolute atomic E-state index is 12.3. The average Bonchev–Trinajstić information content (AvgIpc) is 2.65. The minimum Gasteiger partial charge on any atom is -0.491 e. The smallest absolute Gasteiger partial charge is 0.232 e. The van der Waals surface area contributed by atoms with Crippen molar-refractivity contribution in [2.75, 3.05) is 30.3 Å². The molecule has 0 atom stereocenters. The molecule has 0 aliphatic heterocycles. The first-order valence-corrected chi connectivity index (χ1v) is 11.9. The first kappa shape index (κ1) is 23.7. The minimum atomic E-state index is -3.43. The Morgan fingerprint density at radius 1 is 1.07 bits per heavy atom. The maximum atomic E-state index is 12.3. The normalized spacial score (nSPS) is 11.2. The first-order chi connectivity index (χ1) is 14.1. The standard InChI is InChI=1S/C23H32N2O4S/c1-17-11-12-22(19(3)16-17)29-15-13-24-23(26)10-7-14-25(30(5,27)28)21-9-6-8-18(2)20(21)4/h6,8-9,11-12,16H,7,10,13-15H2,1-5H3,(H,24,26). The van der Waals surface area contributed by atoms with Crippen LogP contribution in [-0.4, -0.2) is 40.3 Å². The zero-order chi connectivity index (χ0) is 22.3. The number of sulfonamides is 1. The fourth-order valence-electron chi connectivity index (χ4n) is 3.26. The molecule has 30 heavy (non-hydrogen) atoms. The maximum Gasteiger partial charge on any atom is 0.232 e. The number of hydrogen-bond donors (Lipinski definition) is 1. The van der Waals surface area contributed by atoms with Gasteiger partial charge in [0.05, 0.1) is 18.5 Å². The molecule has 164 valence electrons. The number of ether oxygens (including phenoxy) is 1. The monoisotopic (exact) mass is 432 g/mol. The molecule has 0 aliphatic rings. The Morgan fingerprint density at radius 2 is 1.80 bits per heavy atom. The summed E-state index contributed by atoms with van der Waals surface area (Å²) in [5.41, 5.74) is 4.86. The Balaban J connectivity index is 1.81. The van der Waals surface area contributed by atoms with E-state index < -0.39 is 10.0 Å². The SMILES string of the molecule is Cc1ccc(OCCNC(=O)CCCN(c2cccc(C)c2C)S(C)(=O)=O)c(C)c1. The average molecular weight is 433 g/mol. The predicted molar refractivity (Wildman–Crippen MR) is 122 cm³/mol. The Kier molecular flexibility index (Phi) is 8.29. The van der Waals surface area contributed by atoms with Crippen LogP contribution in [0, 0.1) is 27.7 Å². The van der Waals surface area contributed by atoms with Gasteiger partial charge in [-0.3, -0.25) is 9.10 Å². The summed E-state index contributed by atoms with van der Waals surface area (Å²) in [6.45, 7) is 8.92. The summed E-state index contributed by atoms with van der Waals surface area (Å²) in [6, 6.07) is 11.6. The van der Waals surface area contributed by atoms with Gasteiger partial charge in [-0.15, -0.1) is 0 Å². The van der Waals surface area contributed by atoms with E-state index in [0.717, 1.165) is 22.4 Å². The van der Waals surface area contributed by atoms with Gasteiger partial charge < -0.3 is 10.1 Å². The lowest BCUT2D eigenvalue weighted by Gasteiger charge is -2.24. The summed E-state index contributed by atoms with van der Waals surface area (Å²) in [5.74, 6) is 0.695. The van der Waals surface area contributed by atoms with Crippen molar-refractivity contribution in [1.82, 2.24) is 5.32 Å². The highest BCUT2D eigenvalue weighted by Crippen LogP contribution is 2.25. The van der Waals surface area contributed by atoms with Crippen molar-refractivity contribution in [3.8, 4) is 5.75 Å². The molecule has 0 fully saturated rings. The molecule has 2 rings (SSSR count). The van der Waals surface area contributed by atoms with Gasteiger partial charge in [0.25, 0.3) is 0 Å². The molecule has 0 spiro atoms. The van der Waals surface area contributed by atoms with Gasteiger partial charge in [-0.2, -0.15) is 0 Å². The molecule has 1 amide bonds. The number of anilines is 1. The Labute approximate surface area is 180 Å². The first-order valence-electron chi connectivity index (χ1n) is 10.1. The van der Waals surface area contributed by atoms with Crippen LogP contribution in [0.1, 0.15) is 35.1 Å². The summed E-state index contributed by atoms with van der Waals surface area (Å²) < 4.78 is 31.6. The molecule has 0 aromatic heterocycles. The molecule has 0 heterocycles. The van der Waals surface area contributed by atoms with E-state index in [2.05, 4.69) is 11.4 Å². The van der Waals surface area contributed by atoms with Crippen LogP contribution < -0.4 is 14.4 Å². The van der Waals surface area contributed by atoms with E-state index in [0.29, 0.717) is 25.3 Å². The highest BCUT2D eigenvalue weighted by molar-refractivity contribution is 7.92. The van der Waals surface area contributed by atoms with E-state index in [1.165, 1.54) is 16.1 Å². The van der Waals surface area contributed by atoms with Crippen molar-refractivity contribution >= 4 is 21.6 Å². The van der Waals surface area contributed by atoms with Crippen LogP contribution >= 0.6 is 0 Å². The lowest BCUT2D eigenvalue weighted by Crippen LogP contribution is -2.33. The molecule has 1 N–H and O–H groups in total. The minimum absolute atomic E-state index is 0.117. The summed E-state index contributed by atoms with van der Waals surface area (Å²) >= 11 is 0. The molecule has 0 unspecified atom stereocenters. The van der Waals surface area contributed by atoms with Crippen LogP contribution in [-0.2, 0) is 14.8 Å². The molecular formula is C23H32N2O4S. The second kappa shape index (κ2) is 10.5. The van der Waals surface area contributed by atoms with Crippen molar-refractivity contribution in [2.45, 2.75) is 40.5 Å². The number of carbonyl (C=O) groups is 1. The Bertz CT molecular complexity index is 987. The molecule has 0 bridgehead atoms. The third-order valence-corrected chi connectivity index (χ3v) is 6.20. The molecule has 7 heteroatoms. The van der Waals surface area contributed by atoms with Gasteiger partial charge in [-0.25, -0.2) is 8.42 Å². The predicted octanol–water partition coefficient (Wildman–Crippen LogP) is 3.66. The second-order valence-corrected chi connectivity index (χ2v) is 9.53. The van der Waals surface area contributed by atoms with Crippen LogP contribution in [0.25, 0.3) is 0 Å². The number of carbonyl (C=O) groups excluding carboxylic acids is 1. The van der Waals surface area contributed by atoms with Crippen LogP contribution in [0.3, 0.4) is 0 Å². The number of hydrogen-bond acceptors (Lipinski definition) is 4.